The number of carbonyl (C=O) groups is 1. The van der Waals surface area contributed by atoms with Gasteiger partial charge in [-0.2, -0.15) is 13.2 Å². The van der Waals surface area contributed by atoms with Crippen LogP contribution in [0.1, 0.15) is 27.4 Å². The molecule has 2 aromatic rings. The second-order valence-electron chi connectivity index (χ2n) is 5.53. The second-order valence-corrected chi connectivity index (χ2v) is 5.53. The third-order valence-electron chi connectivity index (χ3n) is 3.39. The van der Waals surface area contributed by atoms with E-state index in [1.165, 1.54) is 12.1 Å². The zero-order valence-corrected chi connectivity index (χ0v) is 13.7. The van der Waals surface area contributed by atoms with Crippen molar-refractivity contribution in [3.63, 3.8) is 0 Å². The first-order chi connectivity index (χ1) is 11.7. The topological polar surface area (TPSA) is 71.7 Å². The molecule has 0 aliphatic carbocycles. The molecule has 0 fully saturated rings. The molecule has 5 nitrogen and oxygen atoms in total. The number of hydrogen-bond donors (Lipinski definition) is 2. The molecule has 25 heavy (non-hydrogen) atoms. The molecule has 136 valence electrons. The molecular formula is C17H18F3NO4. The van der Waals surface area contributed by atoms with Crippen molar-refractivity contribution in [2.45, 2.75) is 26.1 Å². The monoisotopic (exact) mass is 357 g/mol. The number of halogens is 3. The average molecular weight is 357 g/mol. The minimum Gasteiger partial charge on any atom is -0.491 e. The van der Waals surface area contributed by atoms with Gasteiger partial charge >= 0.3 is 6.18 Å². The molecule has 8 heteroatoms. The fourth-order valence-corrected chi connectivity index (χ4v) is 2.18. The molecule has 0 aliphatic heterocycles. The fourth-order valence-electron chi connectivity index (χ4n) is 2.18. The van der Waals surface area contributed by atoms with Crippen LogP contribution in [0.3, 0.4) is 0 Å². The fraction of sp³-hybridized carbons (Fsp3) is 0.353. The average Bonchev–Trinajstić information content (AvgIpc) is 2.88. The van der Waals surface area contributed by atoms with E-state index in [0.717, 1.165) is 12.1 Å². The molecule has 0 radical (unpaired) electrons. The van der Waals surface area contributed by atoms with E-state index in [0.29, 0.717) is 17.1 Å². The lowest BCUT2D eigenvalue weighted by atomic mass is 10.2. The normalized spacial score (nSPS) is 12.7. The summed E-state index contributed by atoms with van der Waals surface area (Å²) in [6.07, 6.45) is -5.54. The highest BCUT2D eigenvalue weighted by Gasteiger charge is 2.30. The molecule has 0 spiro atoms. The highest BCUT2D eigenvalue weighted by Crippen LogP contribution is 2.31. The molecule has 0 saturated carbocycles. The van der Waals surface area contributed by atoms with Crippen LogP contribution in [0.15, 0.2) is 34.7 Å². The minimum atomic E-state index is -4.47. The molecule has 2 N–H and O–H groups in total. The van der Waals surface area contributed by atoms with Gasteiger partial charge in [-0.15, -0.1) is 0 Å². The van der Waals surface area contributed by atoms with Crippen LogP contribution in [0.25, 0.3) is 0 Å². The predicted octanol–water partition coefficient (Wildman–Crippen LogP) is 3.08. The first kappa shape index (κ1) is 18.9. The number of furan rings is 1. The van der Waals surface area contributed by atoms with E-state index < -0.39 is 23.8 Å². The number of benzene rings is 1. The van der Waals surface area contributed by atoms with Crippen molar-refractivity contribution in [3.05, 3.63) is 53.0 Å². The van der Waals surface area contributed by atoms with Crippen LogP contribution in [-0.4, -0.2) is 30.3 Å². The summed E-state index contributed by atoms with van der Waals surface area (Å²) < 4.78 is 48.2. The maximum Gasteiger partial charge on any atom is 0.416 e. The van der Waals surface area contributed by atoms with Crippen molar-refractivity contribution < 1.29 is 32.2 Å². The summed E-state index contributed by atoms with van der Waals surface area (Å²) in [5.74, 6) is 0.634. The quantitative estimate of drug-likeness (QED) is 0.833. The van der Waals surface area contributed by atoms with Gasteiger partial charge in [-0.1, -0.05) is 6.07 Å². The maximum absolute atomic E-state index is 12.6. The van der Waals surface area contributed by atoms with E-state index in [4.69, 9.17) is 9.15 Å². The number of carbonyl (C=O) groups excluding carboxylic acids is 1. The van der Waals surface area contributed by atoms with Gasteiger partial charge in [-0.25, -0.2) is 0 Å². The van der Waals surface area contributed by atoms with Gasteiger partial charge in [0.15, 0.2) is 0 Å². The minimum absolute atomic E-state index is 0.0125. The largest absolute Gasteiger partial charge is 0.491 e. The number of hydrogen-bond acceptors (Lipinski definition) is 4. The molecule has 1 amide bonds. The standard InChI is InChI=1S/C17H18F3NO4/c1-10-6-15(11(2)25-10)16(23)21-8-13(22)9-24-14-5-3-4-12(7-14)17(18,19)20/h3-7,13,22H,8-9H2,1-2H3,(H,21,23). The van der Waals surface area contributed by atoms with E-state index in [1.807, 2.05) is 0 Å². The smallest absolute Gasteiger partial charge is 0.416 e. The van der Waals surface area contributed by atoms with E-state index in [1.54, 1.807) is 19.9 Å². The summed E-state index contributed by atoms with van der Waals surface area (Å²) >= 11 is 0. The number of ether oxygens (including phenoxy) is 1. The molecular weight excluding hydrogens is 339 g/mol. The molecule has 0 saturated heterocycles. The molecule has 1 atom stereocenters. The van der Waals surface area contributed by atoms with Crippen LogP contribution < -0.4 is 10.1 Å². The van der Waals surface area contributed by atoms with Gasteiger partial charge in [0.25, 0.3) is 5.91 Å². The predicted molar refractivity (Wildman–Crippen MR) is 83.5 cm³/mol. The van der Waals surface area contributed by atoms with Crippen LogP contribution >= 0.6 is 0 Å². The Morgan fingerprint density at radius 3 is 2.64 bits per heavy atom. The van der Waals surface area contributed by atoms with Crippen molar-refractivity contribution >= 4 is 5.91 Å². The molecule has 1 aromatic carbocycles. The van der Waals surface area contributed by atoms with Crippen molar-refractivity contribution in [2.75, 3.05) is 13.2 Å². The summed E-state index contributed by atoms with van der Waals surface area (Å²) in [6, 6.07) is 5.94. The summed E-state index contributed by atoms with van der Waals surface area (Å²) in [6.45, 7) is 2.99. The first-order valence-electron chi connectivity index (χ1n) is 7.50. The summed E-state index contributed by atoms with van der Waals surface area (Å²) in [4.78, 5) is 12.0. The molecule has 2 rings (SSSR count). The van der Waals surface area contributed by atoms with Crippen molar-refractivity contribution in [2.24, 2.45) is 0 Å². The summed E-state index contributed by atoms with van der Waals surface area (Å²) in [7, 11) is 0. The lowest BCUT2D eigenvalue weighted by Crippen LogP contribution is -2.35. The Hall–Kier alpha value is -2.48. The second kappa shape index (κ2) is 7.60. The molecule has 1 unspecified atom stereocenters. The van der Waals surface area contributed by atoms with Gasteiger partial charge < -0.3 is 19.6 Å². The van der Waals surface area contributed by atoms with Gasteiger partial charge in [0.2, 0.25) is 0 Å². The SMILES string of the molecule is Cc1cc(C(=O)NCC(O)COc2cccc(C(F)(F)F)c2)c(C)o1. The van der Waals surface area contributed by atoms with E-state index in [9.17, 15) is 23.1 Å². The highest BCUT2D eigenvalue weighted by atomic mass is 19.4. The Bertz CT molecular complexity index is 740. The number of aryl methyl sites for hydroxylation is 2. The summed E-state index contributed by atoms with van der Waals surface area (Å²) in [5, 5.41) is 12.3. The third kappa shape index (κ3) is 5.25. The Labute approximate surface area is 142 Å². The van der Waals surface area contributed by atoms with Crippen LogP contribution in [0.4, 0.5) is 13.2 Å². The lowest BCUT2D eigenvalue weighted by molar-refractivity contribution is -0.137. The number of nitrogens with one attached hydrogen (secondary N) is 1. The van der Waals surface area contributed by atoms with E-state index >= 15 is 0 Å². The first-order valence-corrected chi connectivity index (χ1v) is 7.50. The zero-order valence-electron chi connectivity index (χ0n) is 13.7. The number of aliphatic hydroxyl groups excluding tert-OH is 1. The number of alkyl halides is 3. The van der Waals surface area contributed by atoms with Gasteiger partial charge in [0.1, 0.15) is 30.0 Å². The van der Waals surface area contributed by atoms with E-state index in [-0.39, 0.29) is 18.9 Å². The van der Waals surface area contributed by atoms with Gasteiger partial charge in [0, 0.05) is 6.54 Å². The van der Waals surface area contributed by atoms with Crippen LogP contribution in [0.2, 0.25) is 0 Å². The number of aliphatic hydroxyl groups is 1. The van der Waals surface area contributed by atoms with Gasteiger partial charge in [0.05, 0.1) is 11.1 Å². The Kier molecular flexibility index (Phi) is 5.73. The maximum atomic E-state index is 12.6. The van der Waals surface area contributed by atoms with E-state index in [2.05, 4.69) is 5.32 Å². The van der Waals surface area contributed by atoms with Gasteiger partial charge in [-0.05, 0) is 38.1 Å². The Morgan fingerprint density at radius 2 is 2.04 bits per heavy atom. The Morgan fingerprint density at radius 1 is 1.32 bits per heavy atom. The highest BCUT2D eigenvalue weighted by molar-refractivity contribution is 5.95. The van der Waals surface area contributed by atoms with Gasteiger partial charge in [-0.3, -0.25) is 4.79 Å². The summed E-state index contributed by atoms with van der Waals surface area (Å²) in [5.41, 5.74) is -0.470. The Balaban J connectivity index is 1.84. The molecule has 1 heterocycles. The van der Waals surface area contributed by atoms with Crippen molar-refractivity contribution in [3.8, 4) is 5.75 Å². The molecule has 1 aromatic heterocycles. The molecule has 0 bridgehead atoms. The van der Waals surface area contributed by atoms with Crippen LogP contribution in [0, 0.1) is 13.8 Å². The van der Waals surface area contributed by atoms with Crippen LogP contribution in [0.5, 0.6) is 5.75 Å². The van der Waals surface area contributed by atoms with Crippen molar-refractivity contribution in [1.29, 1.82) is 0 Å². The van der Waals surface area contributed by atoms with Crippen molar-refractivity contribution in [1.82, 2.24) is 5.32 Å². The lowest BCUT2D eigenvalue weighted by Gasteiger charge is -2.14. The number of rotatable bonds is 6. The zero-order chi connectivity index (χ0) is 18.6. The third-order valence-corrected chi connectivity index (χ3v) is 3.39. The number of amides is 1. The molecule has 0 aliphatic rings. The van der Waals surface area contributed by atoms with Crippen LogP contribution in [-0.2, 0) is 6.18 Å².